The quantitative estimate of drug-likeness (QED) is 0.858. The van der Waals surface area contributed by atoms with E-state index < -0.39 is 17.5 Å². The lowest BCUT2D eigenvalue weighted by Crippen LogP contribution is -2.24. The van der Waals surface area contributed by atoms with Crippen LogP contribution in [0, 0.1) is 17.5 Å². The summed E-state index contributed by atoms with van der Waals surface area (Å²) in [6.07, 6.45) is 0.417. The standard InChI is InChI=1S/C15H11ClF3NO/c16-11-3-7(1-9-2-10(6-20)21-15(9)11)8-4-12(17)14(19)13(18)5-8/h1,3-5,10H,2,6,20H2. The maximum absolute atomic E-state index is 13.3. The minimum atomic E-state index is -1.49. The Labute approximate surface area is 124 Å². The summed E-state index contributed by atoms with van der Waals surface area (Å²) in [4.78, 5) is 0. The number of hydrogen-bond donors (Lipinski definition) is 1. The average Bonchev–Trinajstić information content (AvgIpc) is 2.88. The molecule has 2 aromatic rings. The Morgan fingerprint density at radius 1 is 1.10 bits per heavy atom. The van der Waals surface area contributed by atoms with E-state index in [0.717, 1.165) is 17.7 Å². The van der Waals surface area contributed by atoms with Crippen LogP contribution < -0.4 is 10.5 Å². The van der Waals surface area contributed by atoms with Crippen molar-refractivity contribution in [1.29, 1.82) is 0 Å². The first kappa shape index (κ1) is 14.2. The predicted molar refractivity (Wildman–Crippen MR) is 73.9 cm³/mol. The van der Waals surface area contributed by atoms with E-state index in [1.807, 2.05) is 0 Å². The van der Waals surface area contributed by atoms with E-state index in [2.05, 4.69) is 0 Å². The Balaban J connectivity index is 2.08. The molecule has 3 rings (SSSR count). The fourth-order valence-corrected chi connectivity index (χ4v) is 2.69. The fourth-order valence-electron chi connectivity index (χ4n) is 2.41. The second kappa shape index (κ2) is 5.24. The van der Waals surface area contributed by atoms with E-state index in [4.69, 9.17) is 22.1 Å². The third-order valence-corrected chi connectivity index (χ3v) is 3.71. The van der Waals surface area contributed by atoms with Gasteiger partial charge in [-0.25, -0.2) is 13.2 Å². The molecule has 1 heterocycles. The van der Waals surface area contributed by atoms with Crippen LogP contribution in [-0.4, -0.2) is 12.6 Å². The minimum absolute atomic E-state index is 0.158. The Morgan fingerprint density at radius 3 is 2.33 bits per heavy atom. The van der Waals surface area contributed by atoms with Gasteiger partial charge >= 0.3 is 0 Å². The second-order valence-electron chi connectivity index (χ2n) is 4.88. The van der Waals surface area contributed by atoms with Gasteiger partial charge < -0.3 is 10.5 Å². The van der Waals surface area contributed by atoms with Crippen LogP contribution in [0.25, 0.3) is 11.1 Å². The van der Waals surface area contributed by atoms with Gasteiger partial charge in [0.25, 0.3) is 0 Å². The van der Waals surface area contributed by atoms with Gasteiger partial charge in [0, 0.05) is 18.5 Å². The topological polar surface area (TPSA) is 35.2 Å². The monoisotopic (exact) mass is 313 g/mol. The van der Waals surface area contributed by atoms with E-state index in [9.17, 15) is 13.2 Å². The van der Waals surface area contributed by atoms with Crippen molar-refractivity contribution >= 4 is 11.6 Å². The highest BCUT2D eigenvalue weighted by Gasteiger charge is 2.25. The molecule has 0 fully saturated rings. The summed E-state index contributed by atoms with van der Waals surface area (Å²) in [5, 5.41) is 0.337. The Hall–Kier alpha value is -1.72. The summed E-state index contributed by atoms with van der Waals surface area (Å²) < 4.78 is 45.2. The molecule has 2 N–H and O–H groups in total. The maximum atomic E-state index is 13.3. The number of benzene rings is 2. The van der Waals surface area contributed by atoms with Crippen LogP contribution in [0.15, 0.2) is 24.3 Å². The van der Waals surface area contributed by atoms with Crippen molar-refractivity contribution in [2.75, 3.05) is 6.54 Å². The Morgan fingerprint density at radius 2 is 1.71 bits per heavy atom. The third-order valence-electron chi connectivity index (χ3n) is 3.43. The molecule has 0 amide bonds. The van der Waals surface area contributed by atoms with Crippen LogP contribution in [0.1, 0.15) is 5.56 Å². The first-order valence-electron chi connectivity index (χ1n) is 6.33. The zero-order chi connectivity index (χ0) is 15.1. The number of ether oxygens (including phenoxy) is 1. The van der Waals surface area contributed by atoms with Crippen molar-refractivity contribution < 1.29 is 17.9 Å². The van der Waals surface area contributed by atoms with E-state index >= 15 is 0 Å². The smallest absolute Gasteiger partial charge is 0.194 e. The van der Waals surface area contributed by atoms with Gasteiger partial charge in [0.2, 0.25) is 0 Å². The van der Waals surface area contributed by atoms with Gasteiger partial charge in [-0.15, -0.1) is 0 Å². The Bertz CT molecular complexity index is 697. The van der Waals surface area contributed by atoms with Gasteiger partial charge in [-0.05, 0) is 35.4 Å². The maximum Gasteiger partial charge on any atom is 0.194 e. The molecule has 1 aliphatic heterocycles. The summed E-state index contributed by atoms with van der Waals surface area (Å²) in [7, 11) is 0. The van der Waals surface area contributed by atoms with Crippen LogP contribution in [0.4, 0.5) is 13.2 Å². The molecule has 0 aliphatic carbocycles. The van der Waals surface area contributed by atoms with Crippen molar-refractivity contribution in [2.24, 2.45) is 5.73 Å². The number of nitrogens with two attached hydrogens (primary N) is 1. The molecule has 0 aromatic heterocycles. The largest absolute Gasteiger partial charge is 0.487 e. The van der Waals surface area contributed by atoms with Crippen LogP contribution in [0.2, 0.25) is 5.02 Å². The van der Waals surface area contributed by atoms with Crippen molar-refractivity contribution in [2.45, 2.75) is 12.5 Å². The fraction of sp³-hybridized carbons (Fsp3) is 0.200. The van der Waals surface area contributed by atoms with Crippen LogP contribution in [0.3, 0.4) is 0 Å². The van der Waals surface area contributed by atoms with Gasteiger partial charge in [0.1, 0.15) is 11.9 Å². The molecule has 2 aromatic carbocycles. The molecule has 0 spiro atoms. The Kier molecular flexibility index (Phi) is 3.55. The lowest BCUT2D eigenvalue weighted by molar-refractivity contribution is 0.241. The molecule has 1 atom stereocenters. The van der Waals surface area contributed by atoms with Crippen LogP contribution >= 0.6 is 11.6 Å². The highest BCUT2D eigenvalue weighted by molar-refractivity contribution is 6.32. The lowest BCUT2D eigenvalue weighted by atomic mass is 10.0. The van der Waals surface area contributed by atoms with E-state index in [-0.39, 0.29) is 11.7 Å². The van der Waals surface area contributed by atoms with Gasteiger partial charge in [-0.2, -0.15) is 0 Å². The zero-order valence-corrected chi connectivity index (χ0v) is 11.6. The second-order valence-corrected chi connectivity index (χ2v) is 5.29. The van der Waals surface area contributed by atoms with Crippen molar-refractivity contribution in [1.82, 2.24) is 0 Å². The molecule has 0 saturated heterocycles. The van der Waals surface area contributed by atoms with E-state index in [0.29, 0.717) is 29.3 Å². The molecule has 0 saturated carbocycles. The first-order chi connectivity index (χ1) is 9.99. The molecule has 1 unspecified atom stereocenters. The van der Waals surface area contributed by atoms with Crippen LogP contribution in [-0.2, 0) is 6.42 Å². The number of hydrogen-bond acceptors (Lipinski definition) is 2. The summed E-state index contributed by atoms with van der Waals surface area (Å²) in [6, 6.07) is 5.13. The first-order valence-corrected chi connectivity index (χ1v) is 6.71. The molecular formula is C15H11ClF3NO. The highest BCUT2D eigenvalue weighted by atomic mass is 35.5. The molecule has 2 nitrogen and oxygen atoms in total. The molecule has 6 heteroatoms. The summed E-state index contributed by atoms with van der Waals surface area (Å²) in [5.41, 5.74) is 7.09. The summed E-state index contributed by atoms with van der Waals surface area (Å²) in [5.74, 6) is -3.42. The lowest BCUT2D eigenvalue weighted by Gasteiger charge is -2.09. The molecular weight excluding hydrogens is 303 g/mol. The third kappa shape index (κ3) is 2.47. The summed E-state index contributed by atoms with van der Waals surface area (Å²) in [6.45, 7) is 0.347. The van der Waals surface area contributed by atoms with Crippen molar-refractivity contribution in [3.8, 4) is 16.9 Å². The summed E-state index contributed by atoms with van der Waals surface area (Å²) >= 11 is 6.13. The zero-order valence-electron chi connectivity index (χ0n) is 10.8. The number of halogens is 4. The molecule has 1 aliphatic rings. The predicted octanol–water partition coefficient (Wildman–Crippen LogP) is 3.69. The van der Waals surface area contributed by atoms with Gasteiger partial charge in [-0.3, -0.25) is 0 Å². The van der Waals surface area contributed by atoms with Gasteiger partial charge in [0.15, 0.2) is 17.5 Å². The average molecular weight is 314 g/mol. The molecule has 21 heavy (non-hydrogen) atoms. The normalized spacial score (nSPS) is 16.7. The SMILES string of the molecule is NCC1Cc2cc(-c3cc(F)c(F)c(F)c3)cc(Cl)c2O1. The highest BCUT2D eigenvalue weighted by Crippen LogP contribution is 2.39. The van der Waals surface area contributed by atoms with Crippen molar-refractivity contribution in [3.63, 3.8) is 0 Å². The molecule has 0 radical (unpaired) electrons. The van der Waals surface area contributed by atoms with Gasteiger partial charge in [-0.1, -0.05) is 11.6 Å². The van der Waals surface area contributed by atoms with E-state index in [1.165, 1.54) is 6.07 Å². The van der Waals surface area contributed by atoms with Crippen molar-refractivity contribution in [3.05, 3.63) is 52.3 Å². The number of fused-ring (bicyclic) bond motifs is 1. The van der Waals surface area contributed by atoms with Crippen LogP contribution in [0.5, 0.6) is 5.75 Å². The minimum Gasteiger partial charge on any atom is -0.487 e. The van der Waals surface area contributed by atoms with E-state index in [1.54, 1.807) is 6.07 Å². The molecule has 0 bridgehead atoms. The number of rotatable bonds is 2. The van der Waals surface area contributed by atoms with Gasteiger partial charge in [0.05, 0.1) is 5.02 Å². The molecule has 110 valence electrons.